The van der Waals surface area contributed by atoms with Gasteiger partial charge in [0.05, 0.1) is 28.0 Å². The Balaban J connectivity index is 1.56. The highest BCUT2D eigenvalue weighted by Crippen LogP contribution is 2.29. The fourth-order valence-electron chi connectivity index (χ4n) is 2.44. The van der Waals surface area contributed by atoms with Crippen molar-refractivity contribution in [3.63, 3.8) is 0 Å². The Bertz CT molecular complexity index is 1010. The minimum absolute atomic E-state index is 0.0680. The Labute approximate surface area is 155 Å². The zero-order chi connectivity index (χ0) is 18.6. The summed E-state index contributed by atoms with van der Waals surface area (Å²) < 4.78 is 30.5. The van der Waals surface area contributed by atoms with Gasteiger partial charge < -0.3 is 10.1 Å². The molecule has 0 atom stereocenters. The molecule has 0 saturated heterocycles. The molecule has 0 aliphatic carbocycles. The molecule has 0 aliphatic rings. The van der Waals surface area contributed by atoms with E-state index in [-0.39, 0.29) is 29.4 Å². The number of thiazole rings is 1. The Morgan fingerprint density at radius 3 is 2.69 bits per heavy atom. The molecule has 1 aromatic heterocycles. The van der Waals surface area contributed by atoms with Gasteiger partial charge in [-0.25, -0.2) is 13.4 Å². The third-order valence-electron chi connectivity index (χ3n) is 3.76. The number of hydrogen-bond acceptors (Lipinski definition) is 6. The lowest BCUT2D eigenvalue weighted by Gasteiger charge is -2.04. The predicted octanol–water partition coefficient (Wildman–Crippen LogP) is 3.50. The monoisotopic (exact) mass is 390 g/mol. The van der Waals surface area contributed by atoms with E-state index in [0.29, 0.717) is 5.13 Å². The van der Waals surface area contributed by atoms with Gasteiger partial charge in [0.25, 0.3) is 0 Å². The summed E-state index contributed by atoms with van der Waals surface area (Å²) in [6.45, 7) is 0. The first-order valence-electron chi connectivity index (χ1n) is 8.00. The molecule has 3 rings (SSSR count). The summed E-state index contributed by atoms with van der Waals surface area (Å²) in [6, 6.07) is 13.7. The van der Waals surface area contributed by atoms with Crippen LogP contribution in [0, 0.1) is 0 Å². The molecule has 0 aliphatic heterocycles. The highest BCUT2D eigenvalue weighted by atomic mass is 32.2. The summed E-state index contributed by atoms with van der Waals surface area (Å²) in [5, 5.41) is 3.22. The number of methoxy groups -OCH3 is 1. The van der Waals surface area contributed by atoms with Crippen LogP contribution in [0.3, 0.4) is 0 Å². The van der Waals surface area contributed by atoms with Crippen LogP contribution in [0.2, 0.25) is 0 Å². The van der Waals surface area contributed by atoms with Crippen molar-refractivity contribution in [2.24, 2.45) is 0 Å². The number of fused-ring (bicyclic) bond motifs is 1. The molecule has 1 amide bonds. The van der Waals surface area contributed by atoms with Gasteiger partial charge in [-0.2, -0.15) is 0 Å². The van der Waals surface area contributed by atoms with Crippen LogP contribution in [0.15, 0.2) is 53.4 Å². The molecule has 2 aromatic carbocycles. The van der Waals surface area contributed by atoms with Crippen molar-refractivity contribution in [3.8, 4) is 5.75 Å². The maximum atomic E-state index is 12.2. The van der Waals surface area contributed by atoms with Crippen molar-refractivity contribution in [3.05, 3.63) is 48.5 Å². The predicted molar refractivity (Wildman–Crippen MR) is 103 cm³/mol. The van der Waals surface area contributed by atoms with Crippen molar-refractivity contribution < 1.29 is 17.9 Å². The number of amides is 1. The van der Waals surface area contributed by atoms with E-state index in [1.807, 2.05) is 18.2 Å². The number of ether oxygens (including phenoxy) is 1. The smallest absolute Gasteiger partial charge is 0.226 e. The minimum Gasteiger partial charge on any atom is -0.497 e. The fourth-order valence-corrected chi connectivity index (χ4v) is 4.68. The first-order valence-corrected chi connectivity index (χ1v) is 10.5. The summed E-state index contributed by atoms with van der Waals surface area (Å²) in [4.78, 5) is 16.7. The van der Waals surface area contributed by atoms with E-state index in [1.165, 1.54) is 11.3 Å². The zero-order valence-electron chi connectivity index (χ0n) is 14.1. The Morgan fingerprint density at radius 2 is 1.96 bits per heavy atom. The quantitative estimate of drug-likeness (QED) is 0.667. The summed E-state index contributed by atoms with van der Waals surface area (Å²) in [7, 11) is -1.77. The second-order valence-electron chi connectivity index (χ2n) is 5.64. The van der Waals surface area contributed by atoms with Crippen LogP contribution in [0.4, 0.5) is 5.13 Å². The molecular weight excluding hydrogens is 372 g/mol. The number of benzene rings is 2. The van der Waals surface area contributed by atoms with Crippen LogP contribution >= 0.6 is 11.3 Å². The summed E-state index contributed by atoms with van der Waals surface area (Å²) in [5.41, 5.74) is 0.776. The number of carbonyl (C=O) groups excluding carboxylic acids is 1. The average molecular weight is 390 g/mol. The molecule has 1 heterocycles. The number of anilines is 1. The number of aromatic nitrogens is 1. The molecular formula is C18H18N2O4S2. The first-order chi connectivity index (χ1) is 12.5. The summed E-state index contributed by atoms with van der Waals surface area (Å²) in [6.07, 6.45) is 0.368. The molecule has 26 heavy (non-hydrogen) atoms. The van der Waals surface area contributed by atoms with Gasteiger partial charge in [0.1, 0.15) is 5.75 Å². The molecule has 0 bridgehead atoms. The second-order valence-corrected chi connectivity index (χ2v) is 8.78. The Kier molecular flexibility index (Phi) is 5.53. The third-order valence-corrected chi connectivity index (χ3v) is 6.51. The minimum atomic E-state index is -3.36. The van der Waals surface area contributed by atoms with Crippen LogP contribution in [0.5, 0.6) is 5.75 Å². The van der Waals surface area contributed by atoms with Gasteiger partial charge in [-0.05, 0) is 36.8 Å². The molecule has 0 fully saturated rings. The lowest BCUT2D eigenvalue weighted by atomic mass is 10.3. The van der Waals surface area contributed by atoms with Gasteiger partial charge >= 0.3 is 0 Å². The standard InChI is InChI=1S/C18H18N2O4S2/c1-24-13-9-10-15-16(12-13)25-18(19-15)20-17(21)8-5-11-26(22,23)14-6-3-2-4-7-14/h2-4,6-7,9-10,12H,5,8,11H2,1H3,(H,19,20,21). The maximum absolute atomic E-state index is 12.2. The van der Waals surface area contributed by atoms with Crippen LogP contribution in [0.1, 0.15) is 12.8 Å². The van der Waals surface area contributed by atoms with Crippen molar-refractivity contribution in [1.29, 1.82) is 0 Å². The van der Waals surface area contributed by atoms with Crippen molar-refractivity contribution in [2.45, 2.75) is 17.7 Å². The highest BCUT2D eigenvalue weighted by molar-refractivity contribution is 7.91. The van der Waals surface area contributed by atoms with Crippen LogP contribution in [-0.2, 0) is 14.6 Å². The van der Waals surface area contributed by atoms with Crippen LogP contribution < -0.4 is 10.1 Å². The van der Waals surface area contributed by atoms with Gasteiger partial charge in [0.15, 0.2) is 15.0 Å². The van der Waals surface area contributed by atoms with Gasteiger partial charge in [0, 0.05) is 6.42 Å². The van der Waals surface area contributed by atoms with E-state index in [4.69, 9.17) is 4.74 Å². The Morgan fingerprint density at radius 1 is 1.19 bits per heavy atom. The van der Waals surface area contributed by atoms with E-state index < -0.39 is 9.84 Å². The second kappa shape index (κ2) is 7.84. The maximum Gasteiger partial charge on any atom is 0.226 e. The van der Waals surface area contributed by atoms with E-state index in [2.05, 4.69) is 10.3 Å². The summed E-state index contributed by atoms with van der Waals surface area (Å²) >= 11 is 1.35. The van der Waals surface area contributed by atoms with E-state index in [0.717, 1.165) is 16.0 Å². The molecule has 0 unspecified atom stereocenters. The molecule has 6 nitrogen and oxygen atoms in total. The molecule has 0 saturated carbocycles. The van der Waals surface area contributed by atoms with Gasteiger partial charge in [-0.15, -0.1) is 0 Å². The molecule has 1 N–H and O–H groups in total. The van der Waals surface area contributed by atoms with Crippen LogP contribution in [-0.4, -0.2) is 32.2 Å². The molecule has 8 heteroatoms. The summed E-state index contributed by atoms with van der Waals surface area (Å²) in [5.74, 6) is 0.408. The number of hydrogen-bond donors (Lipinski definition) is 1. The van der Waals surface area contributed by atoms with Gasteiger partial charge in [-0.1, -0.05) is 29.5 Å². The Hall–Kier alpha value is -2.45. The van der Waals surface area contributed by atoms with E-state index in [9.17, 15) is 13.2 Å². The first kappa shape index (κ1) is 18.3. The lowest BCUT2D eigenvalue weighted by Crippen LogP contribution is -2.14. The van der Waals surface area contributed by atoms with Gasteiger partial charge in [-0.3, -0.25) is 4.79 Å². The van der Waals surface area contributed by atoms with E-state index >= 15 is 0 Å². The molecule has 0 spiro atoms. The molecule has 3 aromatic rings. The zero-order valence-corrected chi connectivity index (χ0v) is 15.8. The number of carbonyl (C=O) groups is 1. The van der Waals surface area contributed by atoms with E-state index in [1.54, 1.807) is 37.4 Å². The number of sulfone groups is 1. The third kappa shape index (κ3) is 4.39. The van der Waals surface area contributed by atoms with Crippen molar-refractivity contribution in [2.75, 3.05) is 18.2 Å². The van der Waals surface area contributed by atoms with Gasteiger partial charge in [0.2, 0.25) is 5.91 Å². The number of nitrogens with one attached hydrogen (secondary N) is 1. The van der Waals surface area contributed by atoms with Crippen LogP contribution in [0.25, 0.3) is 10.2 Å². The number of nitrogens with zero attached hydrogens (tertiary/aromatic N) is 1. The average Bonchev–Trinajstić information content (AvgIpc) is 3.03. The highest BCUT2D eigenvalue weighted by Gasteiger charge is 2.15. The lowest BCUT2D eigenvalue weighted by molar-refractivity contribution is -0.116. The molecule has 136 valence electrons. The normalized spacial score (nSPS) is 11.4. The SMILES string of the molecule is COc1ccc2nc(NC(=O)CCCS(=O)(=O)c3ccccc3)sc2c1. The van der Waals surface area contributed by atoms with Crippen molar-refractivity contribution >= 4 is 42.4 Å². The fraction of sp³-hybridized carbons (Fsp3) is 0.222. The molecule has 0 radical (unpaired) electrons. The van der Waals surface area contributed by atoms with Crippen molar-refractivity contribution in [1.82, 2.24) is 4.98 Å². The largest absolute Gasteiger partial charge is 0.497 e. The number of rotatable bonds is 7. The topological polar surface area (TPSA) is 85.4 Å².